The van der Waals surface area contributed by atoms with Gasteiger partial charge in [-0.3, -0.25) is 4.79 Å². The minimum Gasteiger partial charge on any atom is -0.466 e. The van der Waals surface area contributed by atoms with Gasteiger partial charge in [0.1, 0.15) is 0 Å². The molecule has 0 heterocycles. The molecule has 0 aliphatic rings. The van der Waals surface area contributed by atoms with Crippen molar-refractivity contribution in [2.75, 3.05) is 13.2 Å². The van der Waals surface area contributed by atoms with Crippen molar-refractivity contribution in [3.05, 3.63) is 12.7 Å². The van der Waals surface area contributed by atoms with Crippen LogP contribution in [0.1, 0.15) is 70.6 Å². The number of hydrogen-bond acceptors (Lipinski definition) is 3. The molecule has 0 aromatic carbocycles. The van der Waals surface area contributed by atoms with Gasteiger partial charge in [-0.15, -0.1) is 6.58 Å². The summed E-state index contributed by atoms with van der Waals surface area (Å²) in [5, 5.41) is 8.64. The van der Waals surface area contributed by atoms with Crippen LogP contribution in [-0.4, -0.2) is 24.3 Å². The van der Waals surface area contributed by atoms with Gasteiger partial charge >= 0.3 is 5.97 Å². The van der Waals surface area contributed by atoms with E-state index >= 15 is 0 Å². The average molecular weight is 270 g/mol. The Hall–Kier alpha value is -0.830. The number of carbonyl (C=O) groups is 1. The highest BCUT2D eigenvalue weighted by Crippen LogP contribution is 2.09. The van der Waals surface area contributed by atoms with E-state index in [0.717, 1.165) is 25.7 Å². The molecule has 3 nitrogen and oxygen atoms in total. The standard InChI is InChI=1S/C16H30O3/c1-2-3-13-16(18)19-15-12-10-8-6-4-5-7-9-11-14-17/h2,17H,1,3-15H2. The third-order valence-corrected chi connectivity index (χ3v) is 3.12. The van der Waals surface area contributed by atoms with Crippen molar-refractivity contribution in [2.24, 2.45) is 0 Å². The smallest absolute Gasteiger partial charge is 0.306 e. The van der Waals surface area contributed by atoms with E-state index in [4.69, 9.17) is 9.84 Å². The summed E-state index contributed by atoms with van der Waals surface area (Å²) in [7, 11) is 0. The minimum atomic E-state index is -0.108. The molecule has 0 saturated carbocycles. The van der Waals surface area contributed by atoms with Gasteiger partial charge < -0.3 is 9.84 Å². The summed E-state index contributed by atoms with van der Waals surface area (Å²) in [6.45, 7) is 4.46. The van der Waals surface area contributed by atoms with E-state index in [1.165, 1.54) is 32.1 Å². The van der Waals surface area contributed by atoms with E-state index in [1.807, 2.05) is 0 Å². The largest absolute Gasteiger partial charge is 0.466 e. The Morgan fingerprint density at radius 3 is 2.00 bits per heavy atom. The Morgan fingerprint density at radius 1 is 0.947 bits per heavy atom. The molecule has 0 amide bonds. The molecule has 112 valence electrons. The first kappa shape index (κ1) is 18.2. The third-order valence-electron chi connectivity index (χ3n) is 3.12. The summed E-state index contributed by atoms with van der Waals surface area (Å²) in [4.78, 5) is 11.2. The molecule has 0 spiro atoms. The highest BCUT2D eigenvalue weighted by Gasteiger charge is 2.00. The predicted octanol–water partition coefficient (Wildman–Crippen LogP) is 4.00. The number of unbranched alkanes of at least 4 members (excludes halogenated alkanes) is 8. The van der Waals surface area contributed by atoms with Gasteiger partial charge in [0.2, 0.25) is 0 Å². The van der Waals surface area contributed by atoms with Crippen LogP contribution in [0, 0.1) is 0 Å². The maximum atomic E-state index is 11.2. The van der Waals surface area contributed by atoms with Crippen LogP contribution in [0.4, 0.5) is 0 Å². The Kier molecular flexibility index (Phi) is 14.6. The zero-order valence-electron chi connectivity index (χ0n) is 12.2. The second-order valence-electron chi connectivity index (χ2n) is 4.95. The molecule has 0 aromatic heterocycles. The molecule has 3 heteroatoms. The number of hydrogen-bond donors (Lipinski definition) is 1. The fourth-order valence-electron chi connectivity index (χ4n) is 1.93. The van der Waals surface area contributed by atoms with E-state index in [-0.39, 0.29) is 5.97 Å². The Bertz CT molecular complexity index is 214. The summed E-state index contributed by atoms with van der Waals surface area (Å²) in [6.07, 6.45) is 13.4. The maximum absolute atomic E-state index is 11.2. The molecule has 19 heavy (non-hydrogen) atoms. The van der Waals surface area contributed by atoms with E-state index in [2.05, 4.69) is 6.58 Å². The van der Waals surface area contributed by atoms with Crippen LogP contribution in [-0.2, 0) is 9.53 Å². The molecule has 0 unspecified atom stereocenters. The summed E-state index contributed by atoms with van der Waals surface area (Å²) in [6, 6.07) is 0. The monoisotopic (exact) mass is 270 g/mol. The Morgan fingerprint density at radius 2 is 1.47 bits per heavy atom. The van der Waals surface area contributed by atoms with Gasteiger partial charge in [-0.05, 0) is 19.3 Å². The van der Waals surface area contributed by atoms with Gasteiger partial charge in [-0.1, -0.05) is 51.0 Å². The number of ether oxygens (including phenoxy) is 1. The first-order valence-corrected chi connectivity index (χ1v) is 7.68. The topological polar surface area (TPSA) is 46.5 Å². The molecule has 1 N–H and O–H groups in total. The van der Waals surface area contributed by atoms with Gasteiger partial charge in [-0.2, -0.15) is 0 Å². The molecule has 0 aromatic rings. The van der Waals surface area contributed by atoms with Crippen LogP contribution in [0.5, 0.6) is 0 Å². The Labute approximate surface area is 118 Å². The van der Waals surface area contributed by atoms with Crippen LogP contribution in [0.2, 0.25) is 0 Å². The van der Waals surface area contributed by atoms with E-state index in [1.54, 1.807) is 6.08 Å². The number of allylic oxidation sites excluding steroid dienone is 1. The fraction of sp³-hybridized carbons (Fsp3) is 0.812. The van der Waals surface area contributed by atoms with Crippen molar-refractivity contribution in [2.45, 2.75) is 70.6 Å². The van der Waals surface area contributed by atoms with Crippen molar-refractivity contribution in [3.8, 4) is 0 Å². The average Bonchev–Trinajstić information content (AvgIpc) is 2.42. The second-order valence-corrected chi connectivity index (χ2v) is 4.95. The van der Waals surface area contributed by atoms with Crippen molar-refractivity contribution in [3.63, 3.8) is 0 Å². The summed E-state index contributed by atoms with van der Waals surface area (Å²) in [5.74, 6) is -0.108. The number of aliphatic hydroxyl groups is 1. The molecule has 0 bridgehead atoms. The predicted molar refractivity (Wildman–Crippen MR) is 79.0 cm³/mol. The van der Waals surface area contributed by atoms with Gasteiger partial charge in [0.15, 0.2) is 0 Å². The molecular formula is C16H30O3. The quantitative estimate of drug-likeness (QED) is 0.295. The first-order valence-electron chi connectivity index (χ1n) is 7.68. The molecule has 0 aliphatic carbocycles. The lowest BCUT2D eigenvalue weighted by molar-refractivity contribution is -0.143. The van der Waals surface area contributed by atoms with Crippen LogP contribution in [0.25, 0.3) is 0 Å². The van der Waals surface area contributed by atoms with Gasteiger partial charge in [0.05, 0.1) is 6.61 Å². The summed E-state index contributed by atoms with van der Waals surface area (Å²) in [5.41, 5.74) is 0. The molecule has 0 radical (unpaired) electrons. The Balaban J connectivity index is 3.06. The lowest BCUT2D eigenvalue weighted by Crippen LogP contribution is -2.05. The van der Waals surface area contributed by atoms with Crippen molar-refractivity contribution >= 4 is 5.97 Å². The highest BCUT2D eigenvalue weighted by molar-refractivity contribution is 5.69. The lowest BCUT2D eigenvalue weighted by atomic mass is 10.1. The minimum absolute atomic E-state index is 0.108. The van der Waals surface area contributed by atoms with Crippen LogP contribution in [0.15, 0.2) is 12.7 Å². The van der Waals surface area contributed by atoms with Crippen LogP contribution in [0.3, 0.4) is 0 Å². The summed E-state index contributed by atoms with van der Waals surface area (Å²) < 4.78 is 5.11. The molecule has 0 fully saturated rings. The van der Waals surface area contributed by atoms with E-state index < -0.39 is 0 Å². The third kappa shape index (κ3) is 15.1. The number of rotatable bonds is 14. The number of aliphatic hydroxyl groups excluding tert-OH is 1. The van der Waals surface area contributed by atoms with Crippen molar-refractivity contribution in [1.82, 2.24) is 0 Å². The molecule has 0 aliphatic heterocycles. The molecule has 0 saturated heterocycles. The molecule has 0 atom stereocenters. The van der Waals surface area contributed by atoms with Gasteiger partial charge in [0.25, 0.3) is 0 Å². The number of esters is 1. The first-order chi connectivity index (χ1) is 9.31. The lowest BCUT2D eigenvalue weighted by Gasteiger charge is -2.04. The van der Waals surface area contributed by atoms with Crippen LogP contribution >= 0.6 is 0 Å². The zero-order chi connectivity index (χ0) is 14.2. The highest BCUT2D eigenvalue weighted by atomic mass is 16.5. The van der Waals surface area contributed by atoms with E-state index in [0.29, 0.717) is 26.1 Å². The fourth-order valence-corrected chi connectivity index (χ4v) is 1.93. The second kappa shape index (κ2) is 15.2. The van der Waals surface area contributed by atoms with Crippen molar-refractivity contribution < 1.29 is 14.6 Å². The molecular weight excluding hydrogens is 240 g/mol. The van der Waals surface area contributed by atoms with Crippen LogP contribution < -0.4 is 0 Å². The molecule has 0 rings (SSSR count). The van der Waals surface area contributed by atoms with Gasteiger partial charge in [-0.25, -0.2) is 0 Å². The van der Waals surface area contributed by atoms with E-state index in [9.17, 15) is 4.79 Å². The maximum Gasteiger partial charge on any atom is 0.306 e. The SMILES string of the molecule is C=CCCC(=O)OCCCCCCCCCCCO. The van der Waals surface area contributed by atoms with Gasteiger partial charge in [0, 0.05) is 13.0 Å². The summed E-state index contributed by atoms with van der Waals surface area (Å²) >= 11 is 0. The normalized spacial score (nSPS) is 10.4. The van der Waals surface area contributed by atoms with Crippen molar-refractivity contribution in [1.29, 1.82) is 0 Å². The number of carbonyl (C=O) groups excluding carboxylic acids is 1. The zero-order valence-corrected chi connectivity index (χ0v) is 12.2.